The van der Waals surface area contributed by atoms with Crippen LogP contribution >= 0.6 is 12.6 Å². The van der Waals surface area contributed by atoms with Gasteiger partial charge in [-0.2, -0.15) is 5.10 Å². The van der Waals surface area contributed by atoms with Crippen molar-refractivity contribution in [1.82, 2.24) is 20.1 Å². The Morgan fingerprint density at radius 1 is 1.24 bits per heavy atom. The molecule has 0 radical (unpaired) electrons. The average Bonchev–Trinajstić information content (AvgIpc) is 3.44. The van der Waals surface area contributed by atoms with Crippen molar-refractivity contribution in [1.29, 1.82) is 0 Å². The number of H-pyrrole nitrogens is 1. The number of hydrogen-bond acceptors (Lipinski definition) is 3. The fourth-order valence-corrected chi connectivity index (χ4v) is 4.58. The summed E-state index contributed by atoms with van der Waals surface area (Å²) in [4.78, 5) is 1.12. The van der Waals surface area contributed by atoms with Crippen molar-refractivity contribution < 1.29 is 0 Å². The van der Waals surface area contributed by atoms with Crippen LogP contribution in [0, 0.1) is 5.92 Å². The number of allylic oxidation sites excluding steroid dienone is 3. The fraction of sp³-hybridized carbons (Fsp3) is 0.375. The lowest BCUT2D eigenvalue weighted by Gasteiger charge is -2.11. The van der Waals surface area contributed by atoms with Gasteiger partial charge in [-0.25, -0.2) is 0 Å². The minimum atomic E-state index is 0.657. The van der Waals surface area contributed by atoms with Gasteiger partial charge >= 0.3 is 0 Å². The number of aromatic nitrogens is 3. The molecule has 1 aromatic carbocycles. The molecule has 1 unspecified atom stereocenters. The molecule has 1 fully saturated rings. The maximum atomic E-state index is 4.21. The van der Waals surface area contributed by atoms with Crippen LogP contribution in [0.25, 0.3) is 22.0 Å². The zero-order chi connectivity index (χ0) is 20.2. The Labute approximate surface area is 178 Å². The van der Waals surface area contributed by atoms with E-state index in [1.807, 2.05) is 12.4 Å². The van der Waals surface area contributed by atoms with E-state index in [1.54, 1.807) is 0 Å². The number of fused-ring (bicyclic) bond motifs is 1. The van der Waals surface area contributed by atoms with Gasteiger partial charge in [0.1, 0.15) is 0 Å². The smallest absolute Gasteiger partial charge is 0.0565 e. The number of benzene rings is 1. The second kappa shape index (κ2) is 9.06. The van der Waals surface area contributed by atoms with E-state index in [0.29, 0.717) is 6.04 Å². The van der Waals surface area contributed by atoms with Crippen LogP contribution in [0.2, 0.25) is 0 Å². The lowest BCUT2D eigenvalue weighted by molar-refractivity contribution is 0.483. The molecule has 2 N–H and O–H groups in total. The normalized spacial score (nSPS) is 21.5. The van der Waals surface area contributed by atoms with Gasteiger partial charge in [-0.3, -0.25) is 5.10 Å². The summed E-state index contributed by atoms with van der Waals surface area (Å²) in [5.41, 5.74) is 5.11. The maximum absolute atomic E-state index is 4.21. The maximum Gasteiger partial charge on any atom is 0.0565 e. The first-order valence-corrected chi connectivity index (χ1v) is 10.9. The summed E-state index contributed by atoms with van der Waals surface area (Å²) >= 11 is 4.21. The second-order valence-electron chi connectivity index (χ2n) is 8.30. The van der Waals surface area contributed by atoms with Crippen LogP contribution in [0.15, 0.2) is 65.5 Å². The van der Waals surface area contributed by atoms with Gasteiger partial charge in [0.2, 0.25) is 0 Å². The van der Waals surface area contributed by atoms with Crippen LogP contribution in [-0.4, -0.2) is 27.4 Å². The topological polar surface area (TPSA) is 45.6 Å². The summed E-state index contributed by atoms with van der Waals surface area (Å²) in [6, 6.07) is 9.52. The van der Waals surface area contributed by atoms with Crippen molar-refractivity contribution in [2.24, 2.45) is 5.92 Å². The molecule has 4 nitrogen and oxygen atoms in total. The van der Waals surface area contributed by atoms with Crippen LogP contribution in [0.5, 0.6) is 0 Å². The standard InChI is InChI=1S/C17H20N4.C7H10S/c1-12-6-13(8-18-12)11-21-5-4-15-7-14(2-3-17(15)21)16-9-19-20-10-16;1-6-3-2-4-7(8)5-6/h2-5,7,9-10,12-13,18H,6,8,11H2,1H3,(H,19,20);4-5,8H,2-3H2,1H3/t12-,13?;/m0./s1. The number of aromatic amines is 1. The summed E-state index contributed by atoms with van der Waals surface area (Å²) in [6.07, 6.45) is 13.9. The number of thiol groups is 1. The van der Waals surface area contributed by atoms with Gasteiger partial charge in [-0.15, -0.1) is 12.6 Å². The monoisotopic (exact) mass is 406 g/mol. The molecule has 2 aromatic heterocycles. The van der Waals surface area contributed by atoms with Gasteiger partial charge in [-0.05, 0) is 74.2 Å². The molecule has 5 heteroatoms. The highest BCUT2D eigenvalue weighted by atomic mass is 32.1. The third-order valence-electron chi connectivity index (χ3n) is 5.79. The third kappa shape index (κ3) is 5.03. The van der Waals surface area contributed by atoms with Gasteiger partial charge in [0.25, 0.3) is 0 Å². The minimum Gasteiger partial charge on any atom is -0.347 e. The van der Waals surface area contributed by atoms with E-state index in [4.69, 9.17) is 0 Å². The van der Waals surface area contributed by atoms with E-state index >= 15 is 0 Å². The molecule has 1 aliphatic heterocycles. The van der Waals surface area contributed by atoms with Gasteiger partial charge in [0.05, 0.1) is 6.20 Å². The lowest BCUT2D eigenvalue weighted by Crippen LogP contribution is -2.17. The van der Waals surface area contributed by atoms with Crippen molar-refractivity contribution >= 4 is 23.5 Å². The fourth-order valence-electron chi connectivity index (χ4n) is 4.23. The largest absolute Gasteiger partial charge is 0.347 e. The van der Waals surface area contributed by atoms with Crippen molar-refractivity contribution in [3.05, 3.63) is 65.5 Å². The molecule has 0 saturated carbocycles. The Bertz CT molecular complexity index is 1010. The molecule has 0 spiro atoms. The molecule has 0 amide bonds. The highest BCUT2D eigenvalue weighted by Crippen LogP contribution is 2.26. The molecule has 2 aliphatic rings. The van der Waals surface area contributed by atoms with Crippen LogP contribution < -0.4 is 5.32 Å². The van der Waals surface area contributed by atoms with Gasteiger partial charge in [0, 0.05) is 41.4 Å². The summed E-state index contributed by atoms with van der Waals surface area (Å²) in [5.74, 6) is 0.740. The molecule has 152 valence electrons. The Morgan fingerprint density at radius 3 is 2.79 bits per heavy atom. The van der Waals surface area contributed by atoms with E-state index in [0.717, 1.165) is 29.5 Å². The number of rotatable bonds is 3. The molecule has 5 rings (SSSR count). The van der Waals surface area contributed by atoms with Crippen LogP contribution in [0.3, 0.4) is 0 Å². The van der Waals surface area contributed by atoms with E-state index in [9.17, 15) is 0 Å². The highest BCUT2D eigenvalue weighted by Gasteiger charge is 2.21. The van der Waals surface area contributed by atoms with Crippen molar-refractivity contribution in [3.63, 3.8) is 0 Å². The van der Waals surface area contributed by atoms with Crippen LogP contribution in [0.4, 0.5) is 0 Å². The second-order valence-corrected chi connectivity index (χ2v) is 8.81. The highest BCUT2D eigenvalue weighted by molar-refractivity contribution is 7.84. The van der Waals surface area contributed by atoms with Crippen LogP contribution in [0.1, 0.15) is 33.1 Å². The summed E-state index contributed by atoms with van der Waals surface area (Å²) in [5, 5.41) is 11.7. The first kappa shape index (κ1) is 20.0. The zero-order valence-corrected chi connectivity index (χ0v) is 18.1. The zero-order valence-electron chi connectivity index (χ0n) is 17.2. The molecule has 29 heavy (non-hydrogen) atoms. The van der Waals surface area contributed by atoms with Gasteiger partial charge < -0.3 is 9.88 Å². The average molecular weight is 407 g/mol. The number of nitrogens with one attached hydrogen (secondary N) is 2. The molecule has 2 atom stereocenters. The van der Waals surface area contributed by atoms with Gasteiger partial charge in [0.15, 0.2) is 0 Å². The molecular formula is C24H30N4S. The SMILES string of the molecule is CC1=CC(S)=CCC1.C[C@H]1CC(Cn2ccc3cc(-c4cn[nH]c4)ccc32)CN1. The van der Waals surface area contributed by atoms with E-state index in [2.05, 4.69) is 89.2 Å². The van der Waals surface area contributed by atoms with E-state index in [1.165, 1.54) is 41.3 Å². The number of nitrogens with zero attached hydrogens (tertiary/aromatic N) is 2. The van der Waals surface area contributed by atoms with Crippen molar-refractivity contribution in [2.45, 2.75) is 45.7 Å². The Kier molecular flexibility index (Phi) is 6.26. The summed E-state index contributed by atoms with van der Waals surface area (Å²) < 4.78 is 2.39. The molecule has 1 saturated heterocycles. The van der Waals surface area contributed by atoms with Crippen molar-refractivity contribution in [3.8, 4) is 11.1 Å². The molecular weight excluding hydrogens is 376 g/mol. The first-order valence-electron chi connectivity index (χ1n) is 10.5. The van der Waals surface area contributed by atoms with Gasteiger partial charge in [-0.1, -0.05) is 23.8 Å². The predicted octanol–water partition coefficient (Wildman–Crippen LogP) is 5.57. The number of hydrogen-bond donors (Lipinski definition) is 3. The third-order valence-corrected chi connectivity index (χ3v) is 6.10. The Hall–Kier alpha value is -2.24. The molecule has 3 heterocycles. The summed E-state index contributed by atoms with van der Waals surface area (Å²) in [6.45, 7) is 6.65. The first-order chi connectivity index (χ1) is 14.1. The molecule has 0 bridgehead atoms. The van der Waals surface area contributed by atoms with E-state index < -0.39 is 0 Å². The quantitative estimate of drug-likeness (QED) is 0.498. The molecule has 3 aromatic rings. The Balaban J connectivity index is 0.000000216. The predicted molar refractivity (Wildman–Crippen MR) is 125 cm³/mol. The molecule has 1 aliphatic carbocycles. The summed E-state index contributed by atoms with van der Waals surface area (Å²) in [7, 11) is 0. The van der Waals surface area contributed by atoms with Crippen LogP contribution in [-0.2, 0) is 6.54 Å². The Morgan fingerprint density at radius 2 is 2.14 bits per heavy atom. The van der Waals surface area contributed by atoms with E-state index in [-0.39, 0.29) is 0 Å². The van der Waals surface area contributed by atoms with Crippen molar-refractivity contribution in [2.75, 3.05) is 6.54 Å². The lowest BCUT2D eigenvalue weighted by atomic mass is 10.1. The minimum absolute atomic E-state index is 0.657.